The predicted octanol–water partition coefficient (Wildman–Crippen LogP) is 6.91. The van der Waals surface area contributed by atoms with Gasteiger partial charge in [0.1, 0.15) is 0 Å². The smallest absolute Gasteiger partial charge is 0.163 e. The Bertz CT molecular complexity index is 878. The molecule has 1 saturated heterocycles. The summed E-state index contributed by atoms with van der Waals surface area (Å²) in [4.78, 5) is 6.16. The molecule has 33 heavy (non-hydrogen) atoms. The Morgan fingerprint density at radius 2 is 1.15 bits per heavy atom. The van der Waals surface area contributed by atoms with Crippen LogP contribution >= 0.6 is 0 Å². The molecule has 8 heteroatoms. The first-order valence-electron chi connectivity index (χ1n) is 11.5. The third kappa shape index (κ3) is 7.52. The number of rotatable bonds is 12. The first-order valence-corrected chi connectivity index (χ1v) is 11.5. The molecule has 0 aromatic heterocycles. The van der Waals surface area contributed by atoms with Crippen molar-refractivity contribution in [3.63, 3.8) is 0 Å². The normalized spacial score (nSPS) is 20.9. The number of ether oxygens (including phenoxy) is 2. The van der Waals surface area contributed by atoms with Gasteiger partial charge >= 0.3 is 0 Å². The third-order valence-corrected chi connectivity index (χ3v) is 5.94. The van der Waals surface area contributed by atoms with Crippen LogP contribution in [0.5, 0.6) is 0 Å². The van der Waals surface area contributed by atoms with E-state index in [9.17, 15) is 11.1 Å². The van der Waals surface area contributed by atoms with E-state index in [2.05, 4.69) is 44.3 Å². The first kappa shape index (κ1) is 24.6. The van der Waals surface area contributed by atoms with Crippen LogP contribution in [0.2, 0.25) is 0 Å². The number of nitrogens with zero attached hydrogens (tertiary/aromatic N) is 6. The molecule has 174 valence electrons. The minimum absolute atomic E-state index is 0.406. The number of hydrogen-bond acceptors (Lipinski definition) is 4. The van der Waals surface area contributed by atoms with Gasteiger partial charge in [0, 0.05) is 9.82 Å². The van der Waals surface area contributed by atoms with Gasteiger partial charge in [-0.3, -0.25) is 0 Å². The van der Waals surface area contributed by atoms with Crippen molar-refractivity contribution in [2.24, 2.45) is 10.2 Å². The van der Waals surface area contributed by atoms with E-state index in [0.29, 0.717) is 12.8 Å². The topological polar surface area (TPSA) is 116 Å². The standard InChI is InChI=1S/C25H32N6O2/c1-25(2)32-23(21(28-30-26)17-9-15-19-11-5-3-6-12-19)24(33-25)22(29-31-27)18-10-16-20-13-7-4-8-14-20/h3-8,11-14,21-24H,9-10,15-18H2,1-2H3/t21-,22-,23+,24+/m1/s1. The van der Waals surface area contributed by atoms with E-state index in [4.69, 9.17) is 9.47 Å². The van der Waals surface area contributed by atoms with Gasteiger partial charge in [0.15, 0.2) is 5.79 Å². The van der Waals surface area contributed by atoms with E-state index in [1.807, 2.05) is 50.2 Å². The highest BCUT2D eigenvalue weighted by atomic mass is 16.8. The number of hydrogen-bond donors (Lipinski definition) is 0. The van der Waals surface area contributed by atoms with E-state index in [0.717, 1.165) is 25.7 Å². The van der Waals surface area contributed by atoms with Crippen LogP contribution in [0.3, 0.4) is 0 Å². The molecular formula is C25H32N6O2. The lowest BCUT2D eigenvalue weighted by Crippen LogP contribution is -2.40. The van der Waals surface area contributed by atoms with Gasteiger partial charge in [-0.05, 0) is 74.6 Å². The van der Waals surface area contributed by atoms with Crippen molar-refractivity contribution in [2.45, 2.75) is 82.5 Å². The van der Waals surface area contributed by atoms with Crippen molar-refractivity contribution in [1.82, 2.24) is 0 Å². The summed E-state index contributed by atoms with van der Waals surface area (Å²) in [6.45, 7) is 3.68. The molecule has 0 bridgehead atoms. The summed E-state index contributed by atoms with van der Waals surface area (Å²) in [7, 11) is 0. The molecule has 0 N–H and O–H groups in total. The Balaban J connectivity index is 1.69. The molecule has 2 aromatic carbocycles. The molecule has 0 aliphatic carbocycles. The summed E-state index contributed by atoms with van der Waals surface area (Å²) in [5, 5.41) is 8.13. The molecule has 2 aromatic rings. The zero-order valence-electron chi connectivity index (χ0n) is 19.3. The molecule has 1 aliphatic heterocycles. The largest absolute Gasteiger partial charge is 0.344 e. The minimum atomic E-state index is -0.847. The van der Waals surface area contributed by atoms with Crippen molar-refractivity contribution in [1.29, 1.82) is 0 Å². The lowest BCUT2D eigenvalue weighted by Gasteiger charge is -2.27. The first-order chi connectivity index (χ1) is 16.0. The third-order valence-electron chi connectivity index (χ3n) is 5.94. The summed E-state index contributed by atoms with van der Waals surface area (Å²) < 4.78 is 12.4. The maximum atomic E-state index is 9.22. The zero-order chi connectivity index (χ0) is 23.5. The van der Waals surface area contributed by atoms with Gasteiger partial charge in [-0.15, -0.1) is 0 Å². The van der Waals surface area contributed by atoms with Crippen molar-refractivity contribution in [3.8, 4) is 0 Å². The minimum Gasteiger partial charge on any atom is -0.344 e. The predicted molar refractivity (Wildman–Crippen MR) is 128 cm³/mol. The highest BCUT2D eigenvalue weighted by Gasteiger charge is 2.47. The lowest BCUT2D eigenvalue weighted by molar-refractivity contribution is -0.149. The fourth-order valence-electron chi connectivity index (χ4n) is 4.44. The Morgan fingerprint density at radius 3 is 1.52 bits per heavy atom. The molecule has 1 fully saturated rings. The van der Waals surface area contributed by atoms with Crippen LogP contribution in [0.1, 0.15) is 50.7 Å². The van der Waals surface area contributed by atoms with Crippen LogP contribution in [0.15, 0.2) is 70.9 Å². The number of azide groups is 2. The average molecular weight is 449 g/mol. The molecule has 0 amide bonds. The second-order valence-electron chi connectivity index (χ2n) is 8.86. The summed E-state index contributed by atoms with van der Waals surface area (Å²) in [6, 6.07) is 19.6. The van der Waals surface area contributed by atoms with Crippen molar-refractivity contribution in [3.05, 3.63) is 92.7 Å². The van der Waals surface area contributed by atoms with Crippen LogP contribution < -0.4 is 0 Å². The summed E-state index contributed by atoms with van der Waals surface area (Å²) >= 11 is 0. The second-order valence-corrected chi connectivity index (χ2v) is 8.86. The highest BCUT2D eigenvalue weighted by Crippen LogP contribution is 2.36. The van der Waals surface area contributed by atoms with Gasteiger partial charge in [0.2, 0.25) is 0 Å². The summed E-state index contributed by atoms with van der Waals surface area (Å²) in [6.07, 6.45) is 3.84. The molecule has 0 spiro atoms. The van der Waals surface area contributed by atoms with Gasteiger partial charge < -0.3 is 9.47 Å². The Kier molecular flexibility index (Phi) is 9.16. The molecule has 1 aliphatic rings. The molecule has 0 radical (unpaired) electrons. The van der Waals surface area contributed by atoms with E-state index in [-0.39, 0.29) is 0 Å². The molecule has 1 heterocycles. The zero-order valence-corrected chi connectivity index (χ0v) is 19.3. The number of benzene rings is 2. The Labute approximate surface area is 195 Å². The van der Waals surface area contributed by atoms with Crippen LogP contribution in [0.25, 0.3) is 20.9 Å². The van der Waals surface area contributed by atoms with Gasteiger partial charge in [0.05, 0.1) is 24.3 Å². The summed E-state index contributed by atoms with van der Waals surface area (Å²) in [5.41, 5.74) is 20.9. The molecule has 4 atom stereocenters. The highest BCUT2D eigenvalue weighted by molar-refractivity contribution is 5.15. The monoisotopic (exact) mass is 448 g/mol. The molecule has 3 rings (SSSR count). The number of aryl methyl sites for hydroxylation is 2. The molecular weight excluding hydrogens is 416 g/mol. The van der Waals surface area contributed by atoms with E-state index >= 15 is 0 Å². The Hall–Kier alpha value is -3.02. The molecule has 0 saturated carbocycles. The molecule has 0 unspecified atom stereocenters. The van der Waals surface area contributed by atoms with Crippen molar-refractivity contribution < 1.29 is 9.47 Å². The van der Waals surface area contributed by atoms with Crippen LogP contribution in [-0.2, 0) is 22.3 Å². The SMILES string of the molecule is CC1(C)O[C@@H]([C@@H](CCCc2ccccc2)N=[N+]=[N-])[C@H]([C@@H](CCCc2ccccc2)N=[N+]=[N-])O1. The molecule has 8 nitrogen and oxygen atoms in total. The van der Waals surface area contributed by atoms with Crippen LogP contribution in [-0.4, -0.2) is 30.1 Å². The lowest BCUT2D eigenvalue weighted by atomic mass is 9.92. The maximum Gasteiger partial charge on any atom is 0.163 e. The quantitative estimate of drug-likeness (QED) is 0.199. The average Bonchev–Trinajstić information content (AvgIpc) is 3.14. The van der Waals surface area contributed by atoms with Crippen LogP contribution in [0, 0.1) is 0 Å². The van der Waals surface area contributed by atoms with E-state index < -0.39 is 30.1 Å². The maximum absolute atomic E-state index is 9.22. The van der Waals surface area contributed by atoms with Gasteiger partial charge in [-0.1, -0.05) is 70.9 Å². The van der Waals surface area contributed by atoms with Crippen molar-refractivity contribution >= 4 is 0 Å². The Morgan fingerprint density at radius 1 is 0.758 bits per heavy atom. The summed E-state index contributed by atoms with van der Waals surface area (Å²) in [5.74, 6) is -0.847. The van der Waals surface area contributed by atoms with E-state index in [1.165, 1.54) is 11.1 Å². The van der Waals surface area contributed by atoms with Crippen molar-refractivity contribution in [2.75, 3.05) is 0 Å². The fraction of sp³-hybridized carbons (Fsp3) is 0.520. The van der Waals surface area contributed by atoms with Gasteiger partial charge in [-0.2, -0.15) is 0 Å². The second kappa shape index (κ2) is 12.3. The fourth-order valence-corrected chi connectivity index (χ4v) is 4.44. The van der Waals surface area contributed by atoms with Crippen LogP contribution in [0.4, 0.5) is 0 Å². The van der Waals surface area contributed by atoms with Gasteiger partial charge in [0.25, 0.3) is 0 Å². The van der Waals surface area contributed by atoms with Gasteiger partial charge in [-0.25, -0.2) is 0 Å². The van der Waals surface area contributed by atoms with E-state index in [1.54, 1.807) is 0 Å².